The van der Waals surface area contributed by atoms with Gasteiger partial charge in [0.05, 0.1) is 0 Å². The number of rotatable bonds is 0. The Balaban J connectivity index is 0. The van der Waals surface area contributed by atoms with Gasteiger partial charge in [0.2, 0.25) is 0 Å². The van der Waals surface area contributed by atoms with E-state index >= 15 is 0 Å². The third-order valence-electron chi connectivity index (χ3n) is 0. The van der Waals surface area contributed by atoms with Gasteiger partial charge in [-0.3, -0.25) is 0 Å². The summed E-state index contributed by atoms with van der Waals surface area (Å²) in [4.78, 5) is 0. The van der Waals surface area contributed by atoms with Crippen LogP contribution in [0.1, 0.15) is 0 Å². The molecule has 0 aliphatic carbocycles. The average molecular weight is 187 g/mol. The molecule has 0 unspecified atom stereocenters. The van der Waals surface area contributed by atoms with Crippen LogP contribution in [0.5, 0.6) is 0 Å². The van der Waals surface area contributed by atoms with Gasteiger partial charge in [0.1, 0.15) is 0 Å². The molecule has 0 aliphatic rings. The van der Waals surface area contributed by atoms with Crippen molar-refractivity contribution >= 4 is 21.6 Å². The van der Waals surface area contributed by atoms with Crippen LogP contribution in [0, 0.1) is 0 Å². The van der Waals surface area contributed by atoms with Gasteiger partial charge in [0, 0.05) is 0 Å². The fraction of sp³-hybridized carbons (Fsp3) is 0. The van der Waals surface area contributed by atoms with Gasteiger partial charge >= 0.3 is 57.2 Å². The van der Waals surface area contributed by atoms with Crippen molar-refractivity contribution in [3.8, 4) is 0 Å². The molecule has 0 N–H and O–H groups in total. The van der Waals surface area contributed by atoms with Gasteiger partial charge in [-0.15, -0.1) is 0 Å². The van der Waals surface area contributed by atoms with Crippen molar-refractivity contribution < 1.29 is 64.3 Å². The quantitative estimate of drug-likeness (QED) is 0.414. The van der Waals surface area contributed by atoms with Gasteiger partial charge in [-0.1, -0.05) is 0 Å². The summed E-state index contributed by atoms with van der Waals surface area (Å²) < 4.78 is 31.0. The Hall–Kier alpha value is 1.97. The van der Waals surface area contributed by atoms with Gasteiger partial charge in [-0.05, 0) is 0 Å². The maximum absolute atomic E-state index is 10.3. The smallest absolute Gasteiger partial charge is 0.439 e. The van der Waals surface area contributed by atoms with E-state index in [2.05, 4.69) is 0 Å². The molecule has 0 atom stereocenters. The van der Waals surface area contributed by atoms with Crippen LogP contribution >= 0.6 is 15.8 Å². The molecular weight excluding hydrogens is 187 g/mol. The molecule has 0 aromatic rings. The molecule has 0 saturated heterocycles. The van der Waals surface area contributed by atoms with Crippen molar-refractivity contribution in [2.45, 2.75) is 0 Å². The molecule has 6 heavy (non-hydrogen) atoms. The Morgan fingerprint density at radius 3 is 1.17 bits per heavy atom. The van der Waals surface area contributed by atoms with Crippen molar-refractivity contribution in [2.75, 3.05) is 0 Å². The molecule has 0 aromatic carbocycles. The number of hydrogen-bond acceptors (Lipinski definition) is 0. The Morgan fingerprint density at radius 2 is 1.17 bits per heavy atom. The second kappa shape index (κ2) is 3.91. The molecule has 0 rings (SSSR count). The van der Waals surface area contributed by atoms with Crippen molar-refractivity contribution in [3.63, 3.8) is 0 Å². The standard InChI is InChI=1S/BBrF3.K/c2-1(3,4)5;/q-1;+1. The predicted molar refractivity (Wildman–Crippen MR) is 18.0 cm³/mol. The summed E-state index contributed by atoms with van der Waals surface area (Å²) >= 11 is 1.44. The van der Waals surface area contributed by atoms with Crippen molar-refractivity contribution in [2.24, 2.45) is 0 Å². The van der Waals surface area contributed by atoms with E-state index in [4.69, 9.17) is 0 Å². The maximum Gasteiger partial charge on any atom is 1.00 e. The van der Waals surface area contributed by atoms with Gasteiger partial charge in [-0.25, -0.2) is 15.8 Å². The summed E-state index contributed by atoms with van der Waals surface area (Å²) in [6, 6.07) is 0. The Kier molecular flexibility index (Phi) is 7.08. The summed E-state index contributed by atoms with van der Waals surface area (Å²) in [6.07, 6.45) is 0. The zero-order chi connectivity index (χ0) is 4.50. The second-order valence-corrected chi connectivity index (χ2v) is 1.53. The second-order valence-electron chi connectivity index (χ2n) is 0.495. The number of hydrogen-bond donors (Lipinski definition) is 0. The molecule has 0 spiro atoms. The minimum atomic E-state index is -4.69. The first-order valence-electron chi connectivity index (χ1n) is 0.873. The molecule has 0 bridgehead atoms. The largest absolute Gasteiger partial charge is 1.00 e. The topological polar surface area (TPSA) is 0 Å². The van der Waals surface area contributed by atoms with Gasteiger partial charge in [0.25, 0.3) is 0 Å². The monoisotopic (exact) mass is 186 g/mol. The molecule has 0 aliphatic heterocycles. The third-order valence-corrected chi connectivity index (χ3v) is 0. The van der Waals surface area contributed by atoms with Crippen LogP contribution in [0.2, 0.25) is 0 Å². The van der Waals surface area contributed by atoms with Crippen molar-refractivity contribution in [3.05, 3.63) is 0 Å². The molecule has 32 valence electrons. The summed E-state index contributed by atoms with van der Waals surface area (Å²) in [5, 5.41) is 0. The molecule has 0 fully saturated rings. The zero-order valence-corrected chi connectivity index (χ0v) is 7.80. The molecule has 0 aromatic heterocycles. The van der Waals surface area contributed by atoms with Crippen LogP contribution in [-0.2, 0) is 0 Å². The molecule has 0 amide bonds. The zero-order valence-electron chi connectivity index (χ0n) is 3.09. The van der Waals surface area contributed by atoms with E-state index in [1.165, 1.54) is 15.8 Å². The van der Waals surface area contributed by atoms with Crippen LogP contribution < -0.4 is 51.4 Å². The van der Waals surface area contributed by atoms with Gasteiger partial charge in [0.15, 0.2) is 0 Å². The summed E-state index contributed by atoms with van der Waals surface area (Å²) in [5.41, 5.74) is 0. The van der Waals surface area contributed by atoms with Crippen molar-refractivity contribution in [1.82, 2.24) is 0 Å². The first-order valence-corrected chi connectivity index (χ1v) is 1.79. The number of halogens is 4. The SMILES string of the molecule is F[B-](F)(F)Br.[K+]. The third kappa shape index (κ3) is 38.0. The van der Waals surface area contributed by atoms with E-state index in [0.717, 1.165) is 0 Å². The average Bonchev–Trinajstić information content (AvgIpc) is 0.722. The van der Waals surface area contributed by atoms with Crippen LogP contribution in [0.15, 0.2) is 0 Å². The fourth-order valence-corrected chi connectivity index (χ4v) is 0. The molecule has 0 heterocycles. The van der Waals surface area contributed by atoms with Crippen LogP contribution in [-0.4, -0.2) is 5.80 Å². The minimum Gasteiger partial charge on any atom is -0.439 e. The van der Waals surface area contributed by atoms with E-state index in [0.29, 0.717) is 0 Å². The normalized spacial score (nSPS) is 10.0. The Bertz CT molecular complexity index is 26.3. The molecular formula is BBrF3K. The van der Waals surface area contributed by atoms with Gasteiger partial charge in [-0.2, -0.15) is 0 Å². The summed E-state index contributed by atoms with van der Waals surface area (Å²) in [6.45, 7) is 0. The van der Waals surface area contributed by atoms with E-state index in [1.54, 1.807) is 0 Å². The summed E-state index contributed by atoms with van der Waals surface area (Å²) in [5.74, 6) is -4.69. The van der Waals surface area contributed by atoms with E-state index < -0.39 is 5.80 Å². The first-order chi connectivity index (χ1) is 2.00. The van der Waals surface area contributed by atoms with E-state index in [-0.39, 0.29) is 51.4 Å². The van der Waals surface area contributed by atoms with Gasteiger partial charge < -0.3 is 12.9 Å². The molecule has 6 heteroatoms. The summed E-state index contributed by atoms with van der Waals surface area (Å²) in [7, 11) is 0. The van der Waals surface area contributed by atoms with Crippen LogP contribution in [0.3, 0.4) is 0 Å². The molecule has 0 radical (unpaired) electrons. The van der Waals surface area contributed by atoms with E-state index in [9.17, 15) is 12.9 Å². The van der Waals surface area contributed by atoms with E-state index in [1.807, 2.05) is 0 Å². The molecule has 0 nitrogen and oxygen atoms in total. The molecule has 0 saturated carbocycles. The predicted octanol–water partition coefficient (Wildman–Crippen LogP) is -1.27. The van der Waals surface area contributed by atoms with Crippen molar-refractivity contribution in [1.29, 1.82) is 0 Å². The maximum atomic E-state index is 10.3. The minimum absolute atomic E-state index is 0. The Morgan fingerprint density at radius 1 is 1.17 bits per heavy atom. The van der Waals surface area contributed by atoms with Crippen LogP contribution in [0.25, 0.3) is 0 Å². The fourth-order valence-electron chi connectivity index (χ4n) is 0. The first kappa shape index (κ1) is 10.9. The van der Waals surface area contributed by atoms with Crippen LogP contribution in [0.4, 0.5) is 12.9 Å². The Labute approximate surface area is 84.3 Å².